The van der Waals surface area contributed by atoms with E-state index in [4.69, 9.17) is 0 Å². The van der Waals surface area contributed by atoms with Crippen LogP contribution in [0.15, 0.2) is 0 Å². The third-order valence-corrected chi connectivity index (χ3v) is 7.79. The first-order valence-electron chi connectivity index (χ1n) is 13.6. The fraction of sp³-hybridized carbons (Fsp3) is 0.828. The van der Waals surface area contributed by atoms with Gasteiger partial charge in [0, 0.05) is 24.7 Å². The highest BCUT2D eigenvalue weighted by atomic mass is 16.3. The third-order valence-electron chi connectivity index (χ3n) is 7.79. The Balaban J connectivity index is 1.70. The highest BCUT2D eigenvalue weighted by Gasteiger charge is 2.27. The van der Waals surface area contributed by atoms with Crippen LogP contribution in [0.1, 0.15) is 116 Å². The molecule has 0 saturated heterocycles. The van der Waals surface area contributed by atoms with Gasteiger partial charge in [-0.05, 0) is 57.3 Å². The predicted molar refractivity (Wildman–Crippen MR) is 141 cm³/mol. The molecule has 0 saturated carbocycles. The van der Waals surface area contributed by atoms with Crippen LogP contribution in [0.5, 0.6) is 5.75 Å². The first-order valence-corrected chi connectivity index (χ1v) is 13.6. The molecule has 33 heavy (non-hydrogen) atoms. The Morgan fingerprint density at radius 3 is 2.12 bits per heavy atom. The molecule has 1 aromatic heterocycles. The van der Waals surface area contributed by atoms with Gasteiger partial charge in [0.05, 0.1) is 11.3 Å². The highest BCUT2D eigenvalue weighted by Crippen LogP contribution is 2.37. The number of fused-ring (bicyclic) bond motifs is 1. The molecule has 2 N–H and O–H groups in total. The lowest BCUT2D eigenvalue weighted by atomic mass is 9.87. The molecular formula is C29H52N2O2. The number of aliphatic hydroxyl groups is 1. The van der Waals surface area contributed by atoms with Crippen molar-refractivity contribution in [2.24, 2.45) is 17.8 Å². The minimum atomic E-state index is -0.689. The molecule has 2 heterocycles. The van der Waals surface area contributed by atoms with E-state index in [-0.39, 0.29) is 0 Å². The van der Waals surface area contributed by atoms with Crippen LogP contribution in [-0.2, 0) is 12.8 Å². The number of aromatic nitrogens is 1. The first kappa shape index (κ1) is 28.0. The lowest BCUT2D eigenvalue weighted by Crippen LogP contribution is -2.25. The number of rotatable bonds is 15. The molecule has 1 aromatic rings. The smallest absolute Gasteiger partial charge is 0.140 e. The summed E-state index contributed by atoms with van der Waals surface area (Å²) in [5, 5.41) is 21.6. The van der Waals surface area contributed by atoms with Gasteiger partial charge in [0.1, 0.15) is 11.6 Å². The van der Waals surface area contributed by atoms with Gasteiger partial charge in [-0.2, -0.15) is 0 Å². The summed E-state index contributed by atoms with van der Waals surface area (Å²) in [6, 6.07) is 0. The summed E-state index contributed by atoms with van der Waals surface area (Å²) in [6.45, 7) is 14.2. The number of aromatic hydroxyl groups is 1. The average Bonchev–Trinajstić information content (AvgIpc) is 3.08. The Morgan fingerprint density at radius 2 is 1.52 bits per heavy atom. The summed E-state index contributed by atoms with van der Waals surface area (Å²) in [4.78, 5) is 6.74. The standard InChI is InChI=1S/C29H52N2O2/c1-21(2)11-8-12-22(3)13-9-14-23(4)15-10-18-29(6,33)19-16-25-26-17-20-31(7)28(26)30-24(5)27(25)32/h21-23,32-33H,8-20H2,1-7H3/t22?,23?,29-/m1/s1. The van der Waals surface area contributed by atoms with E-state index in [1.54, 1.807) is 0 Å². The summed E-state index contributed by atoms with van der Waals surface area (Å²) in [5.74, 6) is 3.74. The fourth-order valence-electron chi connectivity index (χ4n) is 5.34. The summed E-state index contributed by atoms with van der Waals surface area (Å²) in [5.41, 5.74) is 2.17. The maximum atomic E-state index is 11.0. The Kier molecular flexibility index (Phi) is 11.0. The molecule has 1 aliphatic rings. The number of hydrogen-bond donors (Lipinski definition) is 2. The van der Waals surface area contributed by atoms with Gasteiger partial charge in [0.25, 0.3) is 0 Å². The second kappa shape index (κ2) is 13.0. The molecule has 0 aliphatic carbocycles. The van der Waals surface area contributed by atoms with Crippen LogP contribution in [0.2, 0.25) is 0 Å². The molecule has 0 fully saturated rings. The van der Waals surface area contributed by atoms with Crippen molar-refractivity contribution in [2.75, 3.05) is 18.5 Å². The van der Waals surface area contributed by atoms with Gasteiger partial charge in [-0.3, -0.25) is 0 Å². The fourth-order valence-corrected chi connectivity index (χ4v) is 5.34. The normalized spacial score (nSPS) is 17.3. The van der Waals surface area contributed by atoms with Gasteiger partial charge in [0.15, 0.2) is 0 Å². The van der Waals surface area contributed by atoms with Crippen molar-refractivity contribution in [1.82, 2.24) is 4.98 Å². The van der Waals surface area contributed by atoms with Crippen LogP contribution in [0.4, 0.5) is 5.82 Å². The molecule has 1 aliphatic heterocycles. The second-order valence-corrected chi connectivity index (χ2v) is 11.9. The van der Waals surface area contributed by atoms with Crippen molar-refractivity contribution in [1.29, 1.82) is 0 Å². The first-order chi connectivity index (χ1) is 15.5. The SMILES string of the molecule is Cc1nc2c(c(CC[C@](C)(O)CCCC(C)CCCC(C)CCCC(C)C)c1O)CCN2C. The molecule has 3 atom stereocenters. The van der Waals surface area contributed by atoms with Crippen molar-refractivity contribution in [3.05, 3.63) is 16.8 Å². The van der Waals surface area contributed by atoms with Gasteiger partial charge in [-0.1, -0.05) is 79.1 Å². The van der Waals surface area contributed by atoms with Crippen molar-refractivity contribution >= 4 is 5.82 Å². The van der Waals surface area contributed by atoms with Crippen molar-refractivity contribution in [3.63, 3.8) is 0 Å². The number of hydrogen-bond acceptors (Lipinski definition) is 4. The maximum absolute atomic E-state index is 11.0. The summed E-state index contributed by atoms with van der Waals surface area (Å²) < 4.78 is 0. The van der Waals surface area contributed by atoms with Gasteiger partial charge in [-0.15, -0.1) is 0 Å². The Bertz CT molecular complexity index is 729. The molecular weight excluding hydrogens is 408 g/mol. The van der Waals surface area contributed by atoms with E-state index < -0.39 is 5.60 Å². The van der Waals surface area contributed by atoms with E-state index in [1.165, 1.54) is 50.5 Å². The third kappa shape index (κ3) is 9.11. The Morgan fingerprint density at radius 1 is 0.939 bits per heavy atom. The second-order valence-electron chi connectivity index (χ2n) is 11.9. The van der Waals surface area contributed by atoms with Crippen LogP contribution >= 0.6 is 0 Å². The lowest BCUT2D eigenvalue weighted by molar-refractivity contribution is 0.0385. The number of likely N-dealkylation sites (N-methyl/N-ethyl adjacent to an activating group) is 1. The molecule has 0 aromatic carbocycles. The number of aryl methyl sites for hydroxylation is 1. The molecule has 2 rings (SSSR count). The molecule has 4 nitrogen and oxygen atoms in total. The molecule has 0 spiro atoms. The Hall–Kier alpha value is -1.29. The molecule has 0 amide bonds. The molecule has 4 heteroatoms. The zero-order valence-electron chi connectivity index (χ0n) is 22.7. The van der Waals surface area contributed by atoms with E-state index in [1.807, 2.05) is 13.8 Å². The van der Waals surface area contributed by atoms with Gasteiger partial charge < -0.3 is 15.1 Å². The van der Waals surface area contributed by atoms with E-state index >= 15 is 0 Å². The quantitative estimate of drug-likeness (QED) is 0.290. The minimum Gasteiger partial charge on any atom is -0.506 e. The van der Waals surface area contributed by atoms with Gasteiger partial charge in [-0.25, -0.2) is 4.98 Å². The van der Waals surface area contributed by atoms with E-state index in [9.17, 15) is 10.2 Å². The lowest BCUT2D eigenvalue weighted by Gasteiger charge is -2.25. The largest absolute Gasteiger partial charge is 0.506 e. The topological polar surface area (TPSA) is 56.6 Å². The monoisotopic (exact) mass is 460 g/mol. The number of nitrogens with zero attached hydrogens (tertiary/aromatic N) is 2. The van der Waals surface area contributed by atoms with Crippen LogP contribution in [0.25, 0.3) is 0 Å². The number of anilines is 1. The molecule has 2 unspecified atom stereocenters. The van der Waals surface area contributed by atoms with Crippen LogP contribution < -0.4 is 4.90 Å². The minimum absolute atomic E-state index is 0.326. The van der Waals surface area contributed by atoms with E-state index in [0.717, 1.165) is 54.9 Å². The van der Waals surface area contributed by atoms with Gasteiger partial charge >= 0.3 is 0 Å². The average molecular weight is 461 g/mol. The summed E-state index contributed by atoms with van der Waals surface area (Å²) >= 11 is 0. The van der Waals surface area contributed by atoms with Crippen molar-refractivity contribution in [2.45, 2.75) is 124 Å². The zero-order chi connectivity index (χ0) is 24.6. The molecule has 0 bridgehead atoms. The van der Waals surface area contributed by atoms with Crippen LogP contribution in [0.3, 0.4) is 0 Å². The molecule has 0 radical (unpaired) electrons. The number of pyridine rings is 1. The maximum Gasteiger partial charge on any atom is 0.140 e. The van der Waals surface area contributed by atoms with Gasteiger partial charge in [0.2, 0.25) is 0 Å². The summed E-state index contributed by atoms with van der Waals surface area (Å²) in [7, 11) is 2.06. The Labute approximate surface area is 204 Å². The predicted octanol–water partition coefficient (Wildman–Crippen LogP) is 7.21. The van der Waals surface area contributed by atoms with E-state index in [2.05, 4.69) is 44.6 Å². The van der Waals surface area contributed by atoms with E-state index in [0.29, 0.717) is 24.3 Å². The zero-order valence-corrected chi connectivity index (χ0v) is 22.7. The van der Waals surface area contributed by atoms with Crippen molar-refractivity contribution < 1.29 is 10.2 Å². The highest BCUT2D eigenvalue weighted by molar-refractivity contribution is 5.60. The van der Waals surface area contributed by atoms with Crippen LogP contribution in [-0.4, -0.2) is 34.4 Å². The molecule has 190 valence electrons. The summed E-state index contributed by atoms with van der Waals surface area (Å²) in [6.07, 6.45) is 13.5. The van der Waals surface area contributed by atoms with Crippen LogP contribution in [0, 0.1) is 24.7 Å². The van der Waals surface area contributed by atoms with Crippen molar-refractivity contribution in [3.8, 4) is 5.75 Å².